The highest BCUT2D eigenvalue weighted by Crippen LogP contribution is 2.21. The van der Waals surface area contributed by atoms with E-state index in [-0.39, 0.29) is 0 Å². The number of rotatable bonds is 3. The molecule has 0 aliphatic heterocycles. The van der Waals surface area contributed by atoms with E-state index in [1.807, 2.05) is 6.07 Å². The van der Waals surface area contributed by atoms with Crippen molar-refractivity contribution in [2.45, 2.75) is 6.43 Å². The van der Waals surface area contributed by atoms with Gasteiger partial charge in [0.05, 0.1) is 5.52 Å². The number of ether oxygens (including phenoxy) is 1. The van der Waals surface area contributed by atoms with Crippen molar-refractivity contribution in [1.82, 2.24) is 4.98 Å². The van der Waals surface area contributed by atoms with Crippen LogP contribution in [0.25, 0.3) is 10.9 Å². The first kappa shape index (κ1) is 11.1. The molecule has 0 amide bonds. The zero-order valence-corrected chi connectivity index (χ0v) is 8.92. The molecule has 84 valence electrons. The zero-order valence-electron chi connectivity index (χ0n) is 8.16. The van der Waals surface area contributed by atoms with Gasteiger partial charge in [-0.1, -0.05) is 11.6 Å². The van der Waals surface area contributed by atoms with Crippen LogP contribution in [0.2, 0.25) is 5.15 Å². The van der Waals surface area contributed by atoms with Crippen molar-refractivity contribution >= 4 is 22.5 Å². The third-order valence-electron chi connectivity index (χ3n) is 2.01. The van der Waals surface area contributed by atoms with Gasteiger partial charge in [-0.15, -0.1) is 0 Å². The summed E-state index contributed by atoms with van der Waals surface area (Å²) in [5.74, 6) is 0.363. The molecule has 1 heterocycles. The third-order valence-corrected chi connectivity index (χ3v) is 2.22. The maximum Gasteiger partial charge on any atom is 0.272 e. The molecule has 0 aliphatic carbocycles. The molecule has 0 radical (unpaired) electrons. The summed E-state index contributed by atoms with van der Waals surface area (Å²) in [6.07, 6.45) is -2.48. The van der Waals surface area contributed by atoms with E-state index in [1.54, 1.807) is 24.3 Å². The Hall–Kier alpha value is -1.42. The molecule has 0 fully saturated rings. The quantitative estimate of drug-likeness (QED) is 0.770. The minimum Gasteiger partial charge on any atom is -0.488 e. The second-order valence-electron chi connectivity index (χ2n) is 3.19. The number of aromatic nitrogens is 1. The number of hydrogen-bond acceptors (Lipinski definition) is 2. The second-order valence-corrected chi connectivity index (χ2v) is 3.58. The molecule has 5 heteroatoms. The summed E-state index contributed by atoms with van der Waals surface area (Å²) in [5.41, 5.74) is 0.624. The SMILES string of the molecule is FC(F)COc1ccc2ccc(Cl)nc2c1. The van der Waals surface area contributed by atoms with Gasteiger partial charge in [0.15, 0.2) is 0 Å². The van der Waals surface area contributed by atoms with E-state index in [0.717, 1.165) is 5.39 Å². The van der Waals surface area contributed by atoms with Gasteiger partial charge in [0.1, 0.15) is 17.5 Å². The highest BCUT2D eigenvalue weighted by molar-refractivity contribution is 6.29. The lowest BCUT2D eigenvalue weighted by Gasteiger charge is -2.06. The molecule has 0 atom stereocenters. The average molecular weight is 244 g/mol. The van der Waals surface area contributed by atoms with E-state index in [0.29, 0.717) is 16.4 Å². The molecule has 0 N–H and O–H groups in total. The molecule has 0 aliphatic rings. The Morgan fingerprint density at radius 2 is 2.00 bits per heavy atom. The summed E-state index contributed by atoms with van der Waals surface area (Å²) in [5, 5.41) is 1.24. The second kappa shape index (κ2) is 4.61. The first-order chi connectivity index (χ1) is 7.65. The number of benzene rings is 1. The van der Waals surface area contributed by atoms with Crippen LogP contribution in [-0.4, -0.2) is 18.0 Å². The lowest BCUT2D eigenvalue weighted by Crippen LogP contribution is -2.06. The number of hydrogen-bond donors (Lipinski definition) is 0. The number of fused-ring (bicyclic) bond motifs is 1. The van der Waals surface area contributed by atoms with Crippen LogP contribution in [0.1, 0.15) is 0 Å². The number of nitrogens with zero attached hydrogens (tertiary/aromatic N) is 1. The van der Waals surface area contributed by atoms with Gasteiger partial charge in [0, 0.05) is 11.5 Å². The Morgan fingerprint density at radius 1 is 1.25 bits per heavy atom. The molecule has 0 spiro atoms. The lowest BCUT2D eigenvalue weighted by atomic mass is 10.2. The molecule has 0 bridgehead atoms. The normalized spacial score (nSPS) is 11.0. The molecule has 0 saturated heterocycles. The lowest BCUT2D eigenvalue weighted by molar-refractivity contribution is 0.0819. The molecule has 1 aromatic heterocycles. The van der Waals surface area contributed by atoms with Crippen molar-refractivity contribution in [3.05, 3.63) is 35.5 Å². The molecule has 1 aromatic carbocycles. The van der Waals surface area contributed by atoms with E-state index in [4.69, 9.17) is 16.3 Å². The van der Waals surface area contributed by atoms with E-state index in [1.165, 1.54) is 0 Å². The van der Waals surface area contributed by atoms with Crippen molar-refractivity contribution in [3.63, 3.8) is 0 Å². The number of alkyl halides is 2. The van der Waals surface area contributed by atoms with Gasteiger partial charge in [-0.25, -0.2) is 13.8 Å². The summed E-state index contributed by atoms with van der Waals surface area (Å²) < 4.78 is 28.8. The van der Waals surface area contributed by atoms with Crippen molar-refractivity contribution in [2.24, 2.45) is 0 Å². The molecule has 0 unspecified atom stereocenters. The fraction of sp³-hybridized carbons (Fsp3) is 0.182. The maximum absolute atomic E-state index is 11.9. The van der Waals surface area contributed by atoms with Crippen LogP contribution in [0.4, 0.5) is 8.78 Å². The van der Waals surface area contributed by atoms with Gasteiger partial charge in [-0.05, 0) is 24.3 Å². The van der Waals surface area contributed by atoms with Gasteiger partial charge in [0.2, 0.25) is 0 Å². The summed E-state index contributed by atoms with van der Waals surface area (Å²) in [4.78, 5) is 4.06. The minimum atomic E-state index is -2.48. The third kappa shape index (κ3) is 2.58. The number of pyridine rings is 1. The summed E-state index contributed by atoms with van der Waals surface area (Å²) in [7, 11) is 0. The Balaban J connectivity index is 2.28. The first-order valence-electron chi connectivity index (χ1n) is 4.62. The Morgan fingerprint density at radius 3 is 2.75 bits per heavy atom. The number of halogens is 3. The van der Waals surface area contributed by atoms with Gasteiger partial charge in [0.25, 0.3) is 6.43 Å². The molecule has 16 heavy (non-hydrogen) atoms. The standard InChI is InChI=1S/C11H8ClF2NO/c12-10-4-2-7-1-3-8(5-9(7)15-10)16-6-11(13)14/h1-5,11H,6H2. The van der Waals surface area contributed by atoms with E-state index < -0.39 is 13.0 Å². The van der Waals surface area contributed by atoms with Gasteiger partial charge in [-0.2, -0.15) is 0 Å². The summed E-state index contributed by atoms with van der Waals surface area (Å²) >= 11 is 5.73. The topological polar surface area (TPSA) is 22.1 Å². The fourth-order valence-corrected chi connectivity index (χ4v) is 1.48. The monoisotopic (exact) mass is 243 g/mol. The Bertz CT molecular complexity index is 504. The van der Waals surface area contributed by atoms with Crippen molar-refractivity contribution in [1.29, 1.82) is 0 Å². The predicted octanol–water partition coefficient (Wildman–Crippen LogP) is 3.53. The average Bonchev–Trinajstić information content (AvgIpc) is 2.25. The Kier molecular flexibility index (Phi) is 3.19. The molecular formula is C11H8ClF2NO. The minimum absolute atomic E-state index is 0.360. The first-order valence-corrected chi connectivity index (χ1v) is 5.00. The van der Waals surface area contributed by atoms with Crippen LogP contribution < -0.4 is 4.74 Å². The van der Waals surface area contributed by atoms with Crippen LogP contribution in [0.15, 0.2) is 30.3 Å². The van der Waals surface area contributed by atoms with Crippen LogP contribution in [-0.2, 0) is 0 Å². The highest BCUT2D eigenvalue weighted by Gasteiger charge is 2.04. The molecule has 2 nitrogen and oxygen atoms in total. The summed E-state index contributed by atoms with van der Waals surface area (Å²) in [6.45, 7) is -0.619. The molecule has 0 saturated carbocycles. The smallest absolute Gasteiger partial charge is 0.272 e. The zero-order chi connectivity index (χ0) is 11.5. The molecular weight excluding hydrogens is 236 g/mol. The predicted molar refractivity (Wildman–Crippen MR) is 58.3 cm³/mol. The van der Waals surface area contributed by atoms with Crippen LogP contribution >= 0.6 is 11.6 Å². The maximum atomic E-state index is 11.9. The van der Waals surface area contributed by atoms with Crippen LogP contribution in [0, 0.1) is 0 Å². The van der Waals surface area contributed by atoms with Crippen LogP contribution in [0.5, 0.6) is 5.75 Å². The molecule has 2 rings (SSSR count). The summed E-state index contributed by atoms with van der Waals surface area (Å²) in [6, 6.07) is 8.44. The highest BCUT2D eigenvalue weighted by atomic mass is 35.5. The van der Waals surface area contributed by atoms with Crippen molar-refractivity contribution in [3.8, 4) is 5.75 Å². The van der Waals surface area contributed by atoms with Gasteiger partial charge < -0.3 is 4.74 Å². The fourth-order valence-electron chi connectivity index (χ4n) is 1.32. The molecule has 2 aromatic rings. The Labute approximate surface area is 95.8 Å². The van der Waals surface area contributed by atoms with Gasteiger partial charge >= 0.3 is 0 Å². The van der Waals surface area contributed by atoms with Gasteiger partial charge in [-0.3, -0.25) is 0 Å². The van der Waals surface area contributed by atoms with Crippen molar-refractivity contribution in [2.75, 3.05) is 6.61 Å². The largest absolute Gasteiger partial charge is 0.488 e. The van der Waals surface area contributed by atoms with E-state index >= 15 is 0 Å². The van der Waals surface area contributed by atoms with Crippen molar-refractivity contribution < 1.29 is 13.5 Å². The van der Waals surface area contributed by atoms with E-state index in [2.05, 4.69) is 4.98 Å². The van der Waals surface area contributed by atoms with Crippen LogP contribution in [0.3, 0.4) is 0 Å². The van der Waals surface area contributed by atoms with E-state index in [9.17, 15) is 8.78 Å².